The van der Waals surface area contributed by atoms with Crippen LogP contribution < -0.4 is 5.73 Å². The van der Waals surface area contributed by atoms with Crippen LogP contribution in [0.3, 0.4) is 0 Å². The molecular formula is C11H11FN2O3S. The maximum Gasteiger partial charge on any atom is 0.230 e. The van der Waals surface area contributed by atoms with E-state index in [9.17, 15) is 12.8 Å². The number of rotatable bonds is 3. The standard InChI is InChI=1S/C11H11FN2O3S/c1-18(15,16)6-9-10(11(13)17-14-9)7-2-4-8(12)5-3-7/h2-5H,6,13H2,1H3. The van der Waals surface area contributed by atoms with E-state index < -0.39 is 15.7 Å². The van der Waals surface area contributed by atoms with Crippen molar-refractivity contribution in [2.45, 2.75) is 5.75 Å². The molecule has 0 saturated heterocycles. The molecule has 2 rings (SSSR count). The lowest BCUT2D eigenvalue weighted by molar-refractivity contribution is 0.430. The average Bonchev–Trinajstić information content (AvgIpc) is 2.59. The normalized spacial score (nSPS) is 11.7. The average molecular weight is 270 g/mol. The van der Waals surface area contributed by atoms with Gasteiger partial charge in [-0.1, -0.05) is 17.3 Å². The third-order valence-electron chi connectivity index (χ3n) is 2.32. The molecule has 0 unspecified atom stereocenters. The number of sulfone groups is 1. The minimum absolute atomic E-state index is 0.0141. The first kappa shape index (κ1) is 12.6. The predicted octanol–water partition coefficient (Wildman–Crippen LogP) is 1.61. The zero-order valence-electron chi connectivity index (χ0n) is 9.55. The number of aromatic nitrogens is 1. The molecule has 0 aliphatic carbocycles. The second-order valence-electron chi connectivity index (χ2n) is 3.95. The van der Waals surface area contributed by atoms with Crippen LogP contribution in [0.15, 0.2) is 28.8 Å². The third kappa shape index (κ3) is 2.67. The lowest BCUT2D eigenvalue weighted by atomic mass is 10.1. The fourth-order valence-electron chi connectivity index (χ4n) is 1.61. The zero-order valence-corrected chi connectivity index (χ0v) is 10.4. The molecule has 2 N–H and O–H groups in total. The first-order chi connectivity index (χ1) is 8.37. The number of hydrogen-bond donors (Lipinski definition) is 1. The first-order valence-corrected chi connectivity index (χ1v) is 7.10. The Hall–Kier alpha value is -1.89. The van der Waals surface area contributed by atoms with Gasteiger partial charge in [0.05, 0.1) is 11.3 Å². The summed E-state index contributed by atoms with van der Waals surface area (Å²) in [5.74, 6) is -0.654. The van der Waals surface area contributed by atoms with Crippen LogP contribution in [0.2, 0.25) is 0 Å². The van der Waals surface area contributed by atoms with Crippen LogP contribution in [0.4, 0.5) is 10.3 Å². The molecule has 0 amide bonds. The quantitative estimate of drug-likeness (QED) is 0.915. The number of anilines is 1. The van der Waals surface area contributed by atoms with Gasteiger partial charge in [0.25, 0.3) is 0 Å². The van der Waals surface area contributed by atoms with E-state index in [1.807, 2.05) is 0 Å². The van der Waals surface area contributed by atoms with Crippen LogP contribution in [0, 0.1) is 5.82 Å². The fourth-order valence-corrected chi connectivity index (χ4v) is 2.30. The van der Waals surface area contributed by atoms with Crippen molar-refractivity contribution >= 4 is 15.7 Å². The van der Waals surface area contributed by atoms with Gasteiger partial charge in [0, 0.05) is 6.26 Å². The van der Waals surface area contributed by atoms with Gasteiger partial charge in [0.1, 0.15) is 11.5 Å². The summed E-state index contributed by atoms with van der Waals surface area (Å²) in [7, 11) is -3.25. The van der Waals surface area contributed by atoms with E-state index in [0.29, 0.717) is 11.1 Å². The highest BCUT2D eigenvalue weighted by Crippen LogP contribution is 2.30. The maximum atomic E-state index is 12.8. The Morgan fingerprint density at radius 3 is 2.50 bits per heavy atom. The molecule has 0 radical (unpaired) electrons. The third-order valence-corrected chi connectivity index (χ3v) is 3.12. The highest BCUT2D eigenvalue weighted by atomic mass is 32.2. The van der Waals surface area contributed by atoms with Gasteiger partial charge >= 0.3 is 0 Å². The Morgan fingerprint density at radius 2 is 1.94 bits per heavy atom. The number of hydrogen-bond acceptors (Lipinski definition) is 5. The van der Waals surface area contributed by atoms with Gasteiger partial charge < -0.3 is 10.3 Å². The van der Waals surface area contributed by atoms with Crippen molar-refractivity contribution in [1.82, 2.24) is 5.16 Å². The van der Waals surface area contributed by atoms with Gasteiger partial charge in [-0.05, 0) is 17.7 Å². The Kier molecular flexibility index (Phi) is 3.08. The smallest absolute Gasteiger partial charge is 0.230 e. The fraction of sp³-hybridized carbons (Fsp3) is 0.182. The van der Waals surface area contributed by atoms with Crippen molar-refractivity contribution in [1.29, 1.82) is 0 Å². The van der Waals surface area contributed by atoms with E-state index >= 15 is 0 Å². The molecule has 96 valence electrons. The Balaban J connectivity index is 2.50. The summed E-state index contributed by atoms with van der Waals surface area (Å²) >= 11 is 0. The van der Waals surface area contributed by atoms with E-state index in [2.05, 4.69) is 5.16 Å². The second-order valence-corrected chi connectivity index (χ2v) is 6.09. The SMILES string of the molecule is CS(=O)(=O)Cc1noc(N)c1-c1ccc(F)cc1. The van der Waals surface area contributed by atoms with Crippen molar-refractivity contribution in [3.63, 3.8) is 0 Å². The highest BCUT2D eigenvalue weighted by molar-refractivity contribution is 7.89. The van der Waals surface area contributed by atoms with Crippen LogP contribution >= 0.6 is 0 Å². The summed E-state index contributed by atoms with van der Waals surface area (Å²) in [5, 5.41) is 3.63. The summed E-state index contributed by atoms with van der Waals surface area (Å²) in [6, 6.07) is 5.49. The van der Waals surface area contributed by atoms with Gasteiger partial charge in [-0.2, -0.15) is 0 Å². The molecule has 0 spiro atoms. The summed E-state index contributed by atoms with van der Waals surface area (Å²) in [6.07, 6.45) is 1.09. The van der Waals surface area contributed by atoms with Gasteiger partial charge in [-0.25, -0.2) is 12.8 Å². The summed E-state index contributed by atoms with van der Waals surface area (Å²) in [5.41, 5.74) is 6.79. The van der Waals surface area contributed by atoms with E-state index in [1.165, 1.54) is 24.3 Å². The molecule has 2 aromatic rings. The van der Waals surface area contributed by atoms with Gasteiger partial charge in [-0.15, -0.1) is 0 Å². The molecule has 18 heavy (non-hydrogen) atoms. The molecule has 0 saturated carbocycles. The number of halogens is 1. The van der Waals surface area contributed by atoms with Crippen LogP contribution in [0.5, 0.6) is 0 Å². The molecular weight excluding hydrogens is 259 g/mol. The monoisotopic (exact) mass is 270 g/mol. The molecule has 0 aliphatic heterocycles. The Bertz CT molecular complexity index is 662. The number of nitrogens with two attached hydrogens (primary N) is 1. The molecule has 0 fully saturated rings. The van der Waals surface area contributed by atoms with Crippen molar-refractivity contribution < 1.29 is 17.3 Å². The molecule has 1 aromatic heterocycles. The van der Waals surface area contributed by atoms with Crippen LogP contribution in [-0.4, -0.2) is 19.8 Å². The second kappa shape index (κ2) is 4.41. The Morgan fingerprint density at radius 1 is 1.33 bits per heavy atom. The number of nitrogens with zero attached hydrogens (tertiary/aromatic N) is 1. The largest absolute Gasteiger partial charge is 0.367 e. The zero-order chi connectivity index (χ0) is 13.3. The number of nitrogen functional groups attached to an aromatic ring is 1. The van der Waals surface area contributed by atoms with Gasteiger partial charge in [0.15, 0.2) is 9.84 Å². The van der Waals surface area contributed by atoms with E-state index in [-0.39, 0.29) is 17.3 Å². The topological polar surface area (TPSA) is 86.2 Å². The van der Waals surface area contributed by atoms with E-state index in [4.69, 9.17) is 10.3 Å². The first-order valence-electron chi connectivity index (χ1n) is 5.04. The highest BCUT2D eigenvalue weighted by Gasteiger charge is 2.19. The van der Waals surface area contributed by atoms with Crippen molar-refractivity contribution in [2.24, 2.45) is 0 Å². The summed E-state index contributed by atoms with van der Waals surface area (Å²) in [6.45, 7) is 0. The lowest BCUT2D eigenvalue weighted by Gasteiger charge is -2.01. The minimum atomic E-state index is -3.25. The van der Waals surface area contributed by atoms with E-state index in [1.54, 1.807) is 0 Å². The molecule has 5 nitrogen and oxygen atoms in total. The lowest BCUT2D eigenvalue weighted by Crippen LogP contribution is -2.02. The van der Waals surface area contributed by atoms with Crippen molar-refractivity contribution in [3.8, 4) is 11.1 Å². The van der Waals surface area contributed by atoms with Crippen LogP contribution in [0.25, 0.3) is 11.1 Å². The number of benzene rings is 1. The maximum absolute atomic E-state index is 12.8. The van der Waals surface area contributed by atoms with Crippen LogP contribution in [-0.2, 0) is 15.6 Å². The van der Waals surface area contributed by atoms with E-state index in [0.717, 1.165) is 6.26 Å². The molecule has 7 heteroatoms. The molecule has 1 heterocycles. The van der Waals surface area contributed by atoms with Crippen LogP contribution in [0.1, 0.15) is 5.69 Å². The molecule has 0 aliphatic rings. The minimum Gasteiger partial charge on any atom is -0.367 e. The van der Waals surface area contributed by atoms with Gasteiger partial charge in [0.2, 0.25) is 5.88 Å². The van der Waals surface area contributed by atoms with Gasteiger partial charge in [-0.3, -0.25) is 0 Å². The molecule has 1 aromatic carbocycles. The summed E-state index contributed by atoms with van der Waals surface area (Å²) < 4.78 is 40.2. The van der Waals surface area contributed by atoms with Crippen molar-refractivity contribution in [2.75, 3.05) is 12.0 Å². The summed E-state index contributed by atoms with van der Waals surface area (Å²) in [4.78, 5) is 0. The molecule has 0 atom stereocenters. The predicted molar refractivity (Wildman–Crippen MR) is 64.9 cm³/mol. The van der Waals surface area contributed by atoms with Crippen molar-refractivity contribution in [3.05, 3.63) is 35.8 Å². The molecule has 0 bridgehead atoms. The Labute approximate surface area is 103 Å².